The second kappa shape index (κ2) is 4.75. The Hall–Kier alpha value is -1.16. The summed E-state index contributed by atoms with van der Waals surface area (Å²) in [6.45, 7) is 3.91. The molecule has 1 fully saturated rings. The Labute approximate surface area is 112 Å². The zero-order chi connectivity index (χ0) is 14.3. The summed E-state index contributed by atoms with van der Waals surface area (Å²) in [6.07, 6.45) is 0.387. The fraction of sp³-hybridized carbons (Fsp3) is 0.600. The van der Waals surface area contributed by atoms with Gasteiger partial charge in [0.25, 0.3) is 0 Å². The molecule has 1 aliphatic rings. The van der Waals surface area contributed by atoms with Crippen molar-refractivity contribution in [2.45, 2.75) is 51.0 Å². The quantitative estimate of drug-likeness (QED) is 0.889. The minimum absolute atomic E-state index is 0.131. The molecule has 0 unspecified atom stereocenters. The molecule has 0 spiro atoms. The van der Waals surface area contributed by atoms with Crippen LogP contribution in [0.25, 0.3) is 0 Å². The van der Waals surface area contributed by atoms with Crippen LogP contribution in [0.15, 0.2) is 12.1 Å². The molecular formula is C15H21F2NO. The van der Waals surface area contributed by atoms with Crippen LogP contribution in [0.4, 0.5) is 8.78 Å². The molecule has 0 radical (unpaired) electrons. The molecule has 19 heavy (non-hydrogen) atoms. The van der Waals surface area contributed by atoms with Gasteiger partial charge in [-0.15, -0.1) is 0 Å². The molecule has 0 amide bonds. The highest BCUT2D eigenvalue weighted by Gasteiger charge is 2.42. The number of rotatable bonds is 2. The van der Waals surface area contributed by atoms with Gasteiger partial charge in [0.2, 0.25) is 5.92 Å². The molecule has 1 aliphatic carbocycles. The van der Waals surface area contributed by atoms with E-state index in [0.717, 1.165) is 22.4 Å². The van der Waals surface area contributed by atoms with Crippen LogP contribution in [0.1, 0.15) is 42.4 Å². The maximum absolute atomic E-state index is 13.3. The molecule has 2 N–H and O–H groups in total. The first-order valence-electron chi connectivity index (χ1n) is 6.60. The summed E-state index contributed by atoms with van der Waals surface area (Å²) in [5.41, 5.74) is 8.66. The van der Waals surface area contributed by atoms with E-state index < -0.39 is 11.5 Å². The van der Waals surface area contributed by atoms with E-state index in [1.807, 2.05) is 26.0 Å². The van der Waals surface area contributed by atoms with E-state index in [1.54, 1.807) is 7.11 Å². The first-order valence-corrected chi connectivity index (χ1v) is 6.60. The van der Waals surface area contributed by atoms with Crippen molar-refractivity contribution in [1.29, 1.82) is 0 Å². The lowest BCUT2D eigenvalue weighted by Gasteiger charge is -2.38. The van der Waals surface area contributed by atoms with E-state index >= 15 is 0 Å². The molecule has 0 aromatic heterocycles. The molecule has 0 aliphatic heterocycles. The number of hydrogen-bond acceptors (Lipinski definition) is 2. The summed E-state index contributed by atoms with van der Waals surface area (Å²) in [4.78, 5) is 0. The van der Waals surface area contributed by atoms with Crippen LogP contribution in [-0.2, 0) is 5.54 Å². The monoisotopic (exact) mass is 269 g/mol. The van der Waals surface area contributed by atoms with Gasteiger partial charge in [0.05, 0.1) is 7.11 Å². The molecular weight excluding hydrogens is 248 g/mol. The van der Waals surface area contributed by atoms with Crippen LogP contribution in [-0.4, -0.2) is 13.0 Å². The van der Waals surface area contributed by atoms with Crippen LogP contribution in [0, 0.1) is 13.8 Å². The highest BCUT2D eigenvalue weighted by Crippen LogP contribution is 2.43. The largest absolute Gasteiger partial charge is 0.496 e. The van der Waals surface area contributed by atoms with Gasteiger partial charge in [-0.05, 0) is 43.4 Å². The first-order chi connectivity index (χ1) is 8.77. The topological polar surface area (TPSA) is 35.2 Å². The summed E-state index contributed by atoms with van der Waals surface area (Å²) >= 11 is 0. The Morgan fingerprint density at radius 2 is 1.53 bits per heavy atom. The molecule has 4 heteroatoms. The average molecular weight is 269 g/mol. The Bertz CT molecular complexity index is 452. The average Bonchev–Trinajstić information content (AvgIpc) is 2.33. The zero-order valence-corrected chi connectivity index (χ0v) is 11.7. The smallest absolute Gasteiger partial charge is 0.248 e. The van der Waals surface area contributed by atoms with E-state index in [1.165, 1.54) is 0 Å². The van der Waals surface area contributed by atoms with Gasteiger partial charge in [-0.3, -0.25) is 0 Å². The molecule has 2 nitrogen and oxygen atoms in total. The van der Waals surface area contributed by atoms with Crippen LogP contribution >= 0.6 is 0 Å². The number of ether oxygens (including phenoxy) is 1. The number of benzene rings is 1. The second-order valence-corrected chi connectivity index (χ2v) is 5.66. The third-order valence-electron chi connectivity index (χ3n) is 4.11. The number of methoxy groups -OCH3 is 1. The third kappa shape index (κ3) is 2.73. The third-order valence-corrected chi connectivity index (χ3v) is 4.11. The maximum Gasteiger partial charge on any atom is 0.248 e. The normalized spacial score (nSPS) is 21.2. The summed E-state index contributed by atoms with van der Waals surface area (Å²) in [6, 6.07) is 3.94. The number of hydrogen-bond donors (Lipinski definition) is 1. The molecule has 2 rings (SSSR count). The Morgan fingerprint density at radius 1 is 1.05 bits per heavy atom. The molecule has 0 saturated heterocycles. The Morgan fingerprint density at radius 3 is 1.95 bits per heavy atom. The van der Waals surface area contributed by atoms with Crippen molar-refractivity contribution < 1.29 is 13.5 Å². The van der Waals surface area contributed by atoms with Crippen LogP contribution < -0.4 is 10.5 Å². The number of aryl methyl sites for hydroxylation is 2. The van der Waals surface area contributed by atoms with Gasteiger partial charge < -0.3 is 10.5 Å². The van der Waals surface area contributed by atoms with E-state index in [0.29, 0.717) is 12.8 Å². The predicted molar refractivity (Wildman–Crippen MR) is 71.7 cm³/mol. The van der Waals surface area contributed by atoms with Crippen LogP contribution in [0.5, 0.6) is 5.75 Å². The van der Waals surface area contributed by atoms with Gasteiger partial charge in [0, 0.05) is 18.4 Å². The van der Waals surface area contributed by atoms with E-state index in [9.17, 15) is 8.78 Å². The number of halogens is 2. The summed E-state index contributed by atoms with van der Waals surface area (Å²) in [5.74, 6) is -1.71. The lowest BCUT2D eigenvalue weighted by molar-refractivity contribution is -0.0514. The number of nitrogens with two attached hydrogens (primary N) is 1. The van der Waals surface area contributed by atoms with Crippen LogP contribution in [0.3, 0.4) is 0 Å². The Kier molecular flexibility index (Phi) is 3.56. The van der Waals surface area contributed by atoms with Crippen molar-refractivity contribution in [3.05, 3.63) is 28.8 Å². The summed E-state index contributed by atoms with van der Waals surface area (Å²) in [7, 11) is 1.63. The van der Waals surface area contributed by atoms with Crippen molar-refractivity contribution in [2.24, 2.45) is 5.73 Å². The van der Waals surface area contributed by atoms with Crippen molar-refractivity contribution in [1.82, 2.24) is 0 Å². The van der Waals surface area contributed by atoms with E-state index in [2.05, 4.69) is 0 Å². The fourth-order valence-corrected chi connectivity index (χ4v) is 2.91. The molecule has 1 saturated carbocycles. The molecule has 0 atom stereocenters. The molecule has 0 bridgehead atoms. The lowest BCUT2D eigenvalue weighted by atomic mass is 9.75. The van der Waals surface area contributed by atoms with Gasteiger partial charge in [0.15, 0.2) is 0 Å². The molecule has 1 aromatic rings. The van der Waals surface area contributed by atoms with Gasteiger partial charge in [0.1, 0.15) is 5.75 Å². The van der Waals surface area contributed by atoms with Gasteiger partial charge in [-0.25, -0.2) is 8.78 Å². The van der Waals surface area contributed by atoms with Crippen molar-refractivity contribution in [3.8, 4) is 5.75 Å². The molecule has 1 aromatic carbocycles. The van der Waals surface area contributed by atoms with Gasteiger partial charge in [-0.2, -0.15) is 0 Å². The number of alkyl halides is 2. The van der Waals surface area contributed by atoms with Gasteiger partial charge >= 0.3 is 0 Å². The highest BCUT2D eigenvalue weighted by molar-refractivity contribution is 5.45. The van der Waals surface area contributed by atoms with Crippen molar-refractivity contribution in [2.75, 3.05) is 7.11 Å². The molecule has 106 valence electrons. The summed E-state index contributed by atoms with van der Waals surface area (Å²) in [5, 5.41) is 0. The lowest BCUT2D eigenvalue weighted by Crippen LogP contribution is -2.43. The predicted octanol–water partition coefficient (Wildman–Crippen LogP) is 3.68. The zero-order valence-electron chi connectivity index (χ0n) is 11.7. The Balaban J connectivity index is 2.32. The van der Waals surface area contributed by atoms with Crippen molar-refractivity contribution >= 4 is 0 Å². The maximum atomic E-state index is 13.3. The van der Waals surface area contributed by atoms with E-state index in [-0.39, 0.29) is 12.8 Å². The minimum Gasteiger partial charge on any atom is -0.496 e. The fourth-order valence-electron chi connectivity index (χ4n) is 2.91. The van der Waals surface area contributed by atoms with Gasteiger partial charge in [-0.1, -0.05) is 12.1 Å². The minimum atomic E-state index is -2.56. The SMILES string of the molecule is COc1c(C)cc(C2(N)CCC(F)(F)CC2)cc1C. The van der Waals surface area contributed by atoms with Crippen molar-refractivity contribution in [3.63, 3.8) is 0 Å². The first kappa shape index (κ1) is 14.3. The second-order valence-electron chi connectivity index (χ2n) is 5.66. The summed E-state index contributed by atoms with van der Waals surface area (Å²) < 4.78 is 31.9. The molecule has 0 heterocycles. The van der Waals surface area contributed by atoms with E-state index in [4.69, 9.17) is 10.5 Å². The standard InChI is InChI=1S/C15H21F2NO/c1-10-8-12(9-11(2)13(10)19-3)14(18)4-6-15(16,17)7-5-14/h8-9H,4-7,18H2,1-3H3. The van der Waals surface area contributed by atoms with Crippen LogP contribution in [0.2, 0.25) is 0 Å². The highest BCUT2D eigenvalue weighted by atomic mass is 19.3.